The summed E-state index contributed by atoms with van der Waals surface area (Å²) < 4.78 is 5.15. The van der Waals surface area contributed by atoms with Gasteiger partial charge >= 0.3 is 0 Å². The Bertz CT molecular complexity index is 366. The van der Waals surface area contributed by atoms with Gasteiger partial charge in [0.1, 0.15) is 4.99 Å². The van der Waals surface area contributed by atoms with Gasteiger partial charge in [-0.25, -0.2) is 0 Å². The van der Waals surface area contributed by atoms with Crippen LogP contribution in [0.5, 0.6) is 0 Å². The van der Waals surface area contributed by atoms with Crippen LogP contribution in [-0.4, -0.2) is 34.9 Å². The van der Waals surface area contributed by atoms with Crippen LogP contribution >= 0.6 is 12.2 Å². The average molecular weight is 254 g/mol. The molecule has 0 radical (unpaired) electrons. The van der Waals surface area contributed by atoms with Crippen molar-refractivity contribution in [2.75, 3.05) is 19.0 Å². The molecule has 0 saturated carbocycles. The highest BCUT2D eigenvalue weighted by molar-refractivity contribution is 7.80. The summed E-state index contributed by atoms with van der Waals surface area (Å²) >= 11 is 4.97. The molecule has 1 unspecified atom stereocenters. The number of hydrogen-bond acceptors (Lipinski definition) is 5. The van der Waals surface area contributed by atoms with Crippen molar-refractivity contribution in [1.82, 2.24) is 10.2 Å². The SMILES string of the molecule is CCCC(COC)Nc1nnccc1C(N)=S. The highest BCUT2D eigenvalue weighted by Crippen LogP contribution is 2.13. The number of nitrogens with one attached hydrogen (secondary N) is 1. The van der Waals surface area contributed by atoms with Crippen LogP contribution in [0.15, 0.2) is 12.3 Å². The van der Waals surface area contributed by atoms with Crippen LogP contribution in [-0.2, 0) is 4.74 Å². The molecule has 1 rings (SSSR count). The summed E-state index contributed by atoms with van der Waals surface area (Å²) in [5, 5.41) is 11.1. The number of nitrogens with zero attached hydrogens (tertiary/aromatic N) is 2. The molecule has 0 bridgehead atoms. The molecule has 3 N–H and O–H groups in total. The largest absolute Gasteiger partial charge is 0.389 e. The van der Waals surface area contributed by atoms with E-state index < -0.39 is 0 Å². The zero-order valence-electron chi connectivity index (χ0n) is 10.1. The summed E-state index contributed by atoms with van der Waals surface area (Å²) in [6.45, 7) is 2.73. The molecule has 17 heavy (non-hydrogen) atoms. The third kappa shape index (κ3) is 4.24. The maximum atomic E-state index is 5.63. The third-order valence-corrected chi connectivity index (χ3v) is 2.55. The Kier molecular flexibility index (Phi) is 5.79. The summed E-state index contributed by atoms with van der Waals surface area (Å²) in [6, 6.07) is 1.95. The Labute approximate surface area is 107 Å². The third-order valence-electron chi connectivity index (χ3n) is 2.33. The first kappa shape index (κ1) is 13.8. The minimum atomic E-state index is 0.190. The van der Waals surface area contributed by atoms with E-state index in [1.54, 1.807) is 19.4 Å². The number of ether oxygens (including phenoxy) is 1. The lowest BCUT2D eigenvalue weighted by Gasteiger charge is -2.18. The molecule has 1 aromatic heterocycles. The van der Waals surface area contributed by atoms with Crippen molar-refractivity contribution in [1.29, 1.82) is 0 Å². The lowest BCUT2D eigenvalue weighted by molar-refractivity contribution is 0.182. The molecular formula is C11H18N4OS. The minimum absolute atomic E-state index is 0.190. The smallest absolute Gasteiger partial charge is 0.159 e. The molecule has 6 heteroatoms. The second kappa shape index (κ2) is 7.13. The Morgan fingerprint density at radius 2 is 2.41 bits per heavy atom. The van der Waals surface area contributed by atoms with E-state index in [2.05, 4.69) is 22.4 Å². The molecule has 94 valence electrons. The Hall–Kier alpha value is -1.27. The fourth-order valence-electron chi connectivity index (χ4n) is 1.58. The minimum Gasteiger partial charge on any atom is -0.389 e. The maximum absolute atomic E-state index is 5.63. The van der Waals surface area contributed by atoms with Crippen LogP contribution in [0, 0.1) is 0 Å². The normalized spacial score (nSPS) is 12.1. The monoisotopic (exact) mass is 254 g/mol. The van der Waals surface area contributed by atoms with Crippen molar-refractivity contribution in [2.24, 2.45) is 5.73 Å². The van der Waals surface area contributed by atoms with Gasteiger partial charge in [-0.15, -0.1) is 5.10 Å². The van der Waals surface area contributed by atoms with Gasteiger partial charge in [0, 0.05) is 7.11 Å². The van der Waals surface area contributed by atoms with E-state index >= 15 is 0 Å². The zero-order chi connectivity index (χ0) is 12.7. The molecule has 0 aliphatic heterocycles. The van der Waals surface area contributed by atoms with Gasteiger partial charge in [0.2, 0.25) is 0 Å². The molecule has 5 nitrogen and oxygen atoms in total. The van der Waals surface area contributed by atoms with Gasteiger partial charge in [-0.1, -0.05) is 25.6 Å². The summed E-state index contributed by atoms with van der Waals surface area (Å²) in [5.74, 6) is 0.621. The summed E-state index contributed by atoms with van der Waals surface area (Å²) in [5.41, 5.74) is 6.35. The number of aromatic nitrogens is 2. The summed E-state index contributed by atoms with van der Waals surface area (Å²) in [7, 11) is 1.68. The van der Waals surface area contributed by atoms with Gasteiger partial charge < -0.3 is 15.8 Å². The fourth-order valence-corrected chi connectivity index (χ4v) is 1.74. The predicted molar refractivity (Wildman–Crippen MR) is 72.1 cm³/mol. The summed E-state index contributed by atoms with van der Waals surface area (Å²) in [6.07, 6.45) is 3.62. The quantitative estimate of drug-likeness (QED) is 0.715. The molecular weight excluding hydrogens is 236 g/mol. The lowest BCUT2D eigenvalue weighted by Crippen LogP contribution is -2.27. The molecule has 0 fully saturated rings. The van der Waals surface area contributed by atoms with Crippen LogP contribution in [0.1, 0.15) is 25.3 Å². The van der Waals surface area contributed by atoms with Gasteiger partial charge in [-0.3, -0.25) is 0 Å². The second-order valence-corrected chi connectivity index (χ2v) is 4.18. The van der Waals surface area contributed by atoms with Gasteiger partial charge in [0.25, 0.3) is 0 Å². The van der Waals surface area contributed by atoms with Crippen LogP contribution < -0.4 is 11.1 Å². The lowest BCUT2D eigenvalue weighted by atomic mass is 10.1. The number of hydrogen-bond donors (Lipinski definition) is 2. The first-order valence-corrected chi connectivity index (χ1v) is 5.96. The van der Waals surface area contributed by atoms with Crippen LogP contribution in [0.4, 0.5) is 5.82 Å². The molecule has 0 aliphatic rings. The molecule has 0 aromatic carbocycles. The van der Waals surface area contributed by atoms with Crippen molar-refractivity contribution in [3.63, 3.8) is 0 Å². The molecule has 0 amide bonds. The van der Waals surface area contributed by atoms with Crippen molar-refractivity contribution >= 4 is 23.0 Å². The molecule has 1 aromatic rings. The summed E-state index contributed by atoms with van der Waals surface area (Å²) in [4.78, 5) is 0.315. The average Bonchev–Trinajstić information content (AvgIpc) is 2.30. The van der Waals surface area contributed by atoms with Gasteiger partial charge in [-0.2, -0.15) is 5.10 Å². The number of nitrogens with two attached hydrogens (primary N) is 1. The highest BCUT2D eigenvalue weighted by Gasteiger charge is 2.12. The second-order valence-electron chi connectivity index (χ2n) is 3.74. The topological polar surface area (TPSA) is 73.1 Å². The Balaban J connectivity index is 2.80. The van der Waals surface area contributed by atoms with Crippen molar-refractivity contribution < 1.29 is 4.74 Å². The molecule has 1 heterocycles. The van der Waals surface area contributed by atoms with Crippen molar-refractivity contribution in [2.45, 2.75) is 25.8 Å². The van der Waals surface area contributed by atoms with Gasteiger partial charge in [-0.05, 0) is 12.5 Å². The zero-order valence-corrected chi connectivity index (χ0v) is 11.0. The maximum Gasteiger partial charge on any atom is 0.159 e. The fraction of sp³-hybridized carbons (Fsp3) is 0.545. The van der Waals surface area contributed by atoms with Crippen LogP contribution in [0.25, 0.3) is 0 Å². The first-order chi connectivity index (χ1) is 8.19. The standard InChI is InChI=1S/C11H18N4OS/c1-3-4-8(7-16-2)14-11-9(10(12)17)5-6-13-15-11/h5-6,8H,3-4,7H2,1-2H3,(H2,12,17)(H,14,15). The Morgan fingerprint density at radius 3 is 3.00 bits per heavy atom. The van der Waals surface area contributed by atoms with Crippen LogP contribution in [0.2, 0.25) is 0 Å². The molecule has 0 spiro atoms. The Morgan fingerprint density at radius 1 is 1.65 bits per heavy atom. The van der Waals surface area contributed by atoms with E-state index in [-0.39, 0.29) is 6.04 Å². The van der Waals surface area contributed by atoms with Crippen molar-refractivity contribution in [3.05, 3.63) is 17.8 Å². The van der Waals surface area contributed by atoms with E-state index in [9.17, 15) is 0 Å². The van der Waals surface area contributed by atoms with Gasteiger partial charge in [0.15, 0.2) is 5.82 Å². The molecule has 1 atom stereocenters. The van der Waals surface area contributed by atoms with E-state index in [4.69, 9.17) is 22.7 Å². The van der Waals surface area contributed by atoms with E-state index in [0.29, 0.717) is 23.0 Å². The molecule has 0 saturated heterocycles. The predicted octanol–water partition coefficient (Wildman–Crippen LogP) is 1.34. The number of thiocarbonyl (C=S) groups is 1. The highest BCUT2D eigenvalue weighted by atomic mass is 32.1. The number of methoxy groups -OCH3 is 1. The molecule has 0 aliphatic carbocycles. The van der Waals surface area contributed by atoms with E-state index in [1.165, 1.54) is 0 Å². The number of anilines is 1. The van der Waals surface area contributed by atoms with Crippen molar-refractivity contribution in [3.8, 4) is 0 Å². The first-order valence-electron chi connectivity index (χ1n) is 5.56. The van der Waals surface area contributed by atoms with Gasteiger partial charge in [0.05, 0.1) is 24.4 Å². The van der Waals surface area contributed by atoms with Crippen LogP contribution in [0.3, 0.4) is 0 Å². The van der Waals surface area contributed by atoms with E-state index in [1.807, 2.05) is 0 Å². The number of rotatable bonds is 7. The van der Waals surface area contributed by atoms with E-state index in [0.717, 1.165) is 12.8 Å².